The van der Waals surface area contributed by atoms with Gasteiger partial charge in [0, 0.05) is 44.3 Å². The summed E-state index contributed by atoms with van der Waals surface area (Å²) in [5, 5.41) is 4.59. The van der Waals surface area contributed by atoms with E-state index in [0.717, 1.165) is 12.1 Å². The van der Waals surface area contributed by atoms with E-state index in [9.17, 15) is 22.4 Å². The van der Waals surface area contributed by atoms with Gasteiger partial charge in [-0.3, -0.25) is 4.79 Å². The number of hydrogen-bond acceptors (Lipinski definition) is 3. The van der Waals surface area contributed by atoms with Gasteiger partial charge in [-0.2, -0.15) is 18.3 Å². The molecule has 0 spiro atoms. The molecular formula is C26H23F4N5O. The molecule has 0 unspecified atom stereocenters. The zero-order chi connectivity index (χ0) is 25.4. The van der Waals surface area contributed by atoms with Gasteiger partial charge < -0.3 is 14.4 Å². The maximum absolute atomic E-state index is 13.7. The van der Waals surface area contributed by atoms with Gasteiger partial charge in [0.05, 0.1) is 16.9 Å². The third-order valence-electron chi connectivity index (χ3n) is 6.28. The second-order valence-corrected chi connectivity index (χ2v) is 8.59. The van der Waals surface area contributed by atoms with Crippen LogP contribution in [0.3, 0.4) is 0 Å². The Labute approximate surface area is 205 Å². The molecule has 36 heavy (non-hydrogen) atoms. The van der Waals surface area contributed by atoms with E-state index in [-0.39, 0.29) is 11.7 Å². The molecule has 1 aliphatic rings. The smallest absolute Gasteiger partial charge is 0.368 e. The van der Waals surface area contributed by atoms with Crippen LogP contribution >= 0.6 is 0 Å². The molecule has 0 bridgehead atoms. The van der Waals surface area contributed by atoms with E-state index in [0.29, 0.717) is 54.6 Å². The number of amides is 1. The van der Waals surface area contributed by atoms with Crippen molar-refractivity contribution >= 4 is 11.6 Å². The number of piperazine rings is 1. The first-order valence-corrected chi connectivity index (χ1v) is 11.4. The van der Waals surface area contributed by atoms with Gasteiger partial charge in [-0.05, 0) is 61.5 Å². The number of aromatic nitrogens is 3. The lowest BCUT2D eigenvalue weighted by Crippen LogP contribution is -2.49. The second-order valence-electron chi connectivity index (χ2n) is 8.59. The fraction of sp³-hybridized carbons (Fsp3) is 0.231. The van der Waals surface area contributed by atoms with Gasteiger partial charge in [-0.1, -0.05) is 6.07 Å². The van der Waals surface area contributed by atoms with Crippen molar-refractivity contribution in [1.82, 2.24) is 19.2 Å². The van der Waals surface area contributed by atoms with Gasteiger partial charge in [0.1, 0.15) is 11.4 Å². The maximum atomic E-state index is 13.7. The molecule has 5 rings (SSSR count). The summed E-state index contributed by atoms with van der Waals surface area (Å²) in [5.41, 5.74) is 1.33. The van der Waals surface area contributed by atoms with Gasteiger partial charge >= 0.3 is 6.18 Å². The Morgan fingerprint density at radius 1 is 0.889 bits per heavy atom. The molecule has 1 fully saturated rings. The zero-order valence-corrected chi connectivity index (χ0v) is 19.4. The normalized spacial score (nSPS) is 14.4. The summed E-state index contributed by atoms with van der Waals surface area (Å²) in [7, 11) is 0. The number of anilines is 1. The van der Waals surface area contributed by atoms with E-state index in [1.807, 2.05) is 17.0 Å². The van der Waals surface area contributed by atoms with E-state index in [2.05, 4.69) is 5.10 Å². The molecule has 3 heterocycles. The number of halogens is 4. The van der Waals surface area contributed by atoms with Crippen LogP contribution in [0.5, 0.6) is 0 Å². The average Bonchev–Trinajstić information content (AvgIpc) is 3.51. The van der Waals surface area contributed by atoms with E-state index in [1.165, 1.54) is 18.2 Å². The first-order chi connectivity index (χ1) is 17.2. The molecule has 0 saturated carbocycles. The monoisotopic (exact) mass is 497 g/mol. The van der Waals surface area contributed by atoms with Crippen LogP contribution in [-0.2, 0) is 6.18 Å². The number of nitrogens with zero attached hydrogens (tertiary/aromatic N) is 5. The summed E-state index contributed by atoms with van der Waals surface area (Å²) in [6, 6.07) is 14.7. The molecule has 2 aromatic carbocycles. The molecule has 6 nitrogen and oxygen atoms in total. The number of alkyl halides is 3. The number of aryl methyl sites for hydroxylation is 1. The predicted molar refractivity (Wildman–Crippen MR) is 127 cm³/mol. The maximum Gasteiger partial charge on any atom is 0.416 e. The van der Waals surface area contributed by atoms with Crippen LogP contribution in [0.4, 0.5) is 23.2 Å². The highest BCUT2D eigenvalue weighted by Crippen LogP contribution is 2.32. The summed E-state index contributed by atoms with van der Waals surface area (Å²) in [5.74, 6) is -0.0530. The Hall–Kier alpha value is -4.08. The SMILES string of the molecule is Cc1nn(-c2ccc(F)cc2)c(-n2cccc2)c1C(=O)N1CCN(c2cccc(C(F)(F)F)c2)CC1. The van der Waals surface area contributed by atoms with Crippen LogP contribution in [0.1, 0.15) is 21.6 Å². The molecule has 186 valence electrons. The molecular weight excluding hydrogens is 474 g/mol. The summed E-state index contributed by atoms with van der Waals surface area (Å²) >= 11 is 0. The molecule has 0 atom stereocenters. The summed E-state index contributed by atoms with van der Waals surface area (Å²) in [6.07, 6.45) is -0.803. The number of carbonyl (C=O) groups excluding carboxylic acids is 1. The van der Waals surface area contributed by atoms with Crippen molar-refractivity contribution in [2.45, 2.75) is 13.1 Å². The third kappa shape index (κ3) is 4.46. The molecule has 1 aliphatic heterocycles. The van der Waals surface area contributed by atoms with E-state index in [1.54, 1.807) is 51.7 Å². The van der Waals surface area contributed by atoms with Crippen molar-refractivity contribution in [3.63, 3.8) is 0 Å². The fourth-order valence-corrected chi connectivity index (χ4v) is 4.45. The summed E-state index contributed by atoms with van der Waals surface area (Å²) in [4.78, 5) is 17.2. The first kappa shape index (κ1) is 23.7. The molecule has 1 saturated heterocycles. The third-order valence-corrected chi connectivity index (χ3v) is 6.28. The Morgan fingerprint density at radius 2 is 1.56 bits per heavy atom. The van der Waals surface area contributed by atoms with Gasteiger partial charge in [0.2, 0.25) is 0 Å². The van der Waals surface area contributed by atoms with Gasteiger partial charge in [-0.25, -0.2) is 9.07 Å². The Morgan fingerprint density at radius 3 is 2.19 bits per heavy atom. The van der Waals surface area contributed by atoms with Crippen LogP contribution < -0.4 is 4.90 Å². The number of carbonyl (C=O) groups is 1. The Kier molecular flexibility index (Phi) is 6.03. The molecule has 4 aromatic rings. The number of hydrogen-bond donors (Lipinski definition) is 0. The topological polar surface area (TPSA) is 46.3 Å². The van der Waals surface area contributed by atoms with Crippen molar-refractivity contribution < 1.29 is 22.4 Å². The largest absolute Gasteiger partial charge is 0.416 e. The van der Waals surface area contributed by atoms with Crippen LogP contribution in [0, 0.1) is 12.7 Å². The molecule has 0 N–H and O–H groups in total. The van der Waals surface area contributed by atoms with E-state index < -0.39 is 11.7 Å². The minimum atomic E-state index is -4.41. The quantitative estimate of drug-likeness (QED) is 0.369. The van der Waals surface area contributed by atoms with E-state index in [4.69, 9.17) is 0 Å². The lowest BCUT2D eigenvalue weighted by atomic mass is 10.1. The minimum absolute atomic E-state index is 0.215. The molecule has 10 heteroatoms. The molecule has 1 amide bonds. The van der Waals surface area contributed by atoms with Gasteiger partial charge in [0.15, 0.2) is 5.82 Å². The molecule has 0 radical (unpaired) electrons. The Balaban J connectivity index is 1.42. The van der Waals surface area contributed by atoms with Crippen LogP contribution in [0.15, 0.2) is 73.1 Å². The van der Waals surface area contributed by atoms with Crippen LogP contribution in [-0.4, -0.2) is 51.3 Å². The fourth-order valence-electron chi connectivity index (χ4n) is 4.45. The van der Waals surface area contributed by atoms with Crippen molar-refractivity contribution in [1.29, 1.82) is 0 Å². The standard InChI is InChI=1S/C26H23F4N5O/c1-18-23(24(33-11-2-3-12-33)35(31-18)21-9-7-20(27)8-10-21)25(36)34-15-13-32(14-16-34)22-6-4-5-19(17-22)26(28,29)30/h2-12,17H,13-16H2,1H3. The summed E-state index contributed by atoms with van der Waals surface area (Å²) in [6.45, 7) is 3.25. The molecule has 0 aliphatic carbocycles. The predicted octanol–water partition coefficient (Wildman–Crippen LogP) is 5.09. The lowest BCUT2D eigenvalue weighted by molar-refractivity contribution is -0.137. The van der Waals surface area contributed by atoms with Crippen LogP contribution in [0.25, 0.3) is 11.5 Å². The zero-order valence-electron chi connectivity index (χ0n) is 19.4. The average molecular weight is 497 g/mol. The highest BCUT2D eigenvalue weighted by Gasteiger charge is 2.32. The van der Waals surface area contributed by atoms with Gasteiger partial charge in [0.25, 0.3) is 5.91 Å². The Bertz CT molecular complexity index is 1370. The lowest BCUT2D eigenvalue weighted by Gasteiger charge is -2.36. The van der Waals surface area contributed by atoms with Crippen molar-refractivity contribution in [2.24, 2.45) is 0 Å². The highest BCUT2D eigenvalue weighted by molar-refractivity contribution is 5.99. The minimum Gasteiger partial charge on any atom is -0.368 e. The van der Waals surface area contributed by atoms with Gasteiger partial charge in [-0.15, -0.1) is 0 Å². The second kappa shape index (κ2) is 9.18. The number of rotatable bonds is 4. The van der Waals surface area contributed by atoms with Crippen molar-refractivity contribution in [3.8, 4) is 11.5 Å². The van der Waals surface area contributed by atoms with Crippen LogP contribution in [0.2, 0.25) is 0 Å². The summed E-state index contributed by atoms with van der Waals surface area (Å²) < 4.78 is 56.3. The first-order valence-electron chi connectivity index (χ1n) is 11.4. The highest BCUT2D eigenvalue weighted by atomic mass is 19.4. The number of benzene rings is 2. The van der Waals surface area contributed by atoms with E-state index >= 15 is 0 Å². The van der Waals surface area contributed by atoms with Crippen molar-refractivity contribution in [3.05, 3.63) is 95.7 Å². The molecule has 2 aromatic heterocycles. The van der Waals surface area contributed by atoms with Crippen molar-refractivity contribution in [2.75, 3.05) is 31.1 Å².